The highest BCUT2D eigenvalue weighted by Crippen LogP contribution is 2.14. The summed E-state index contributed by atoms with van der Waals surface area (Å²) in [5, 5.41) is 5.53. The molecule has 0 spiro atoms. The van der Waals surface area contributed by atoms with Gasteiger partial charge in [0.2, 0.25) is 0 Å². The molecule has 8 heteroatoms. The Kier molecular flexibility index (Phi) is 6.83. The molecule has 0 aliphatic heterocycles. The summed E-state index contributed by atoms with van der Waals surface area (Å²) in [6.45, 7) is 2.21. The lowest BCUT2D eigenvalue weighted by Crippen LogP contribution is -2.22. The fourth-order valence-corrected chi connectivity index (χ4v) is 2.51. The van der Waals surface area contributed by atoms with Crippen molar-refractivity contribution in [3.63, 3.8) is 0 Å². The largest absolute Gasteiger partial charge is 0.513 e. The Bertz CT molecular complexity index is 995. The number of carbonyl (C=O) groups is 3. The lowest BCUT2D eigenvalue weighted by atomic mass is 10.1. The summed E-state index contributed by atoms with van der Waals surface area (Å²) >= 11 is 0. The second-order valence-corrected chi connectivity index (χ2v) is 6.12. The van der Waals surface area contributed by atoms with Gasteiger partial charge in [-0.2, -0.15) is 0 Å². The quantitative estimate of drug-likeness (QED) is 0.452. The van der Waals surface area contributed by atoms with E-state index in [1.165, 1.54) is 18.4 Å². The van der Waals surface area contributed by atoms with E-state index in [1.807, 2.05) is 0 Å². The number of benzene rings is 2. The van der Waals surface area contributed by atoms with Crippen molar-refractivity contribution in [1.29, 1.82) is 0 Å². The molecule has 0 unspecified atom stereocenters. The number of furan rings is 1. The predicted molar refractivity (Wildman–Crippen MR) is 108 cm³/mol. The summed E-state index contributed by atoms with van der Waals surface area (Å²) in [7, 11) is 0. The monoisotopic (exact) mass is 408 g/mol. The van der Waals surface area contributed by atoms with Crippen LogP contribution in [0.2, 0.25) is 0 Å². The predicted octanol–water partition coefficient (Wildman–Crippen LogP) is 4.00. The number of anilines is 1. The van der Waals surface area contributed by atoms with Crippen LogP contribution in [0, 0.1) is 0 Å². The molecule has 0 radical (unpaired) electrons. The normalized spacial score (nSPS) is 10.2. The second-order valence-electron chi connectivity index (χ2n) is 6.12. The third kappa shape index (κ3) is 5.71. The number of carbonyl (C=O) groups excluding carboxylic acids is 3. The van der Waals surface area contributed by atoms with Crippen LogP contribution in [0.4, 0.5) is 10.5 Å². The van der Waals surface area contributed by atoms with Gasteiger partial charge in [-0.3, -0.25) is 9.59 Å². The van der Waals surface area contributed by atoms with E-state index in [0.717, 1.165) is 5.56 Å². The second kappa shape index (κ2) is 9.92. The van der Waals surface area contributed by atoms with Crippen molar-refractivity contribution >= 4 is 23.7 Å². The van der Waals surface area contributed by atoms with Crippen LogP contribution in [0.15, 0.2) is 71.3 Å². The van der Waals surface area contributed by atoms with Gasteiger partial charge in [-0.15, -0.1) is 0 Å². The summed E-state index contributed by atoms with van der Waals surface area (Å²) in [6, 6.07) is 16.4. The Labute approximate surface area is 172 Å². The number of amides is 2. The Morgan fingerprint density at radius 3 is 2.30 bits per heavy atom. The Balaban J connectivity index is 1.49. The van der Waals surface area contributed by atoms with Gasteiger partial charge in [-0.1, -0.05) is 12.1 Å². The number of rotatable bonds is 7. The van der Waals surface area contributed by atoms with E-state index in [0.29, 0.717) is 17.8 Å². The lowest BCUT2D eigenvalue weighted by molar-refractivity contribution is 0.0949. The molecular weight excluding hydrogens is 388 g/mol. The van der Waals surface area contributed by atoms with Gasteiger partial charge >= 0.3 is 6.16 Å². The molecule has 2 aromatic carbocycles. The van der Waals surface area contributed by atoms with Crippen molar-refractivity contribution in [2.24, 2.45) is 0 Å². The van der Waals surface area contributed by atoms with E-state index < -0.39 is 6.16 Å². The topological polar surface area (TPSA) is 107 Å². The van der Waals surface area contributed by atoms with Crippen molar-refractivity contribution in [2.45, 2.75) is 13.5 Å². The van der Waals surface area contributed by atoms with Gasteiger partial charge in [0.05, 0.1) is 12.9 Å². The van der Waals surface area contributed by atoms with Crippen LogP contribution >= 0.6 is 0 Å². The molecule has 3 rings (SSSR count). The zero-order valence-electron chi connectivity index (χ0n) is 16.2. The van der Waals surface area contributed by atoms with Crippen LogP contribution < -0.4 is 15.4 Å². The van der Waals surface area contributed by atoms with Crippen LogP contribution in [0.25, 0.3) is 0 Å². The smallest absolute Gasteiger partial charge is 0.459 e. The fraction of sp³-hybridized carbons (Fsp3) is 0.136. The van der Waals surface area contributed by atoms with Gasteiger partial charge in [0.1, 0.15) is 5.75 Å². The summed E-state index contributed by atoms with van der Waals surface area (Å²) < 4.78 is 14.7. The zero-order chi connectivity index (χ0) is 21.3. The number of hydrogen-bond acceptors (Lipinski definition) is 6. The first-order chi connectivity index (χ1) is 14.5. The Hall–Kier alpha value is -4.07. The van der Waals surface area contributed by atoms with Crippen LogP contribution in [0.5, 0.6) is 5.75 Å². The SMILES string of the molecule is CCOC(=O)Oc1ccc(C(=O)NCc2ccc(NC(=O)c3ccco3)cc2)cc1. The molecule has 1 heterocycles. The molecule has 30 heavy (non-hydrogen) atoms. The summed E-state index contributed by atoms with van der Waals surface area (Å²) in [5.41, 5.74) is 1.90. The van der Waals surface area contributed by atoms with Gasteiger partial charge in [0.15, 0.2) is 5.76 Å². The molecule has 0 saturated heterocycles. The molecule has 8 nitrogen and oxygen atoms in total. The highest BCUT2D eigenvalue weighted by Gasteiger charge is 2.10. The summed E-state index contributed by atoms with van der Waals surface area (Å²) in [4.78, 5) is 35.5. The van der Waals surface area contributed by atoms with Crippen molar-refractivity contribution < 1.29 is 28.3 Å². The maximum Gasteiger partial charge on any atom is 0.513 e. The third-order valence-corrected chi connectivity index (χ3v) is 3.99. The number of hydrogen-bond donors (Lipinski definition) is 2. The number of ether oxygens (including phenoxy) is 2. The molecule has 154 valence electrons. The van der Waals surface area contributed by atoms with Crippen LogP contribution in [-0.4, -0.2) is 24.6 Å². The standard InChI is InChI=1S/C22H20N2O6/c1-2-28-22(27)30-18-11-7-16(8-12-18)20(25)23-14-15-5-9-17(10-6-15)24-21(26)19-4-3-13-29-19/h3-13H,2,14H2,1H3,(H,23,25)(H,24,26). The maximum atomic E-state index is 12.3. The van der Waals surface area contributed by atoms with Crippen molar-refractivity contribution in [1.82, 2.24) is 5.32 Å². The van der Waals surface area contributed by atoms with Crippen LogP contribution in [-0.2, 0) is 11.3 Å². The minimum atomic E-state index is -0.793. The van der Waals surface area contributed by atoms with E-state index >= 15 is 0 Å². The summed E-state index contributed by atoms with van der Waals surface area (Å²) in [5.74, 6) is -0.0912. The molecule has 0 atom stereocenters. The average Bonchev–Trinajstić information content (AvgIpc) is 3.29. The van der Waals surface area contributed by atoms with Crippen LogP contribution in [0.1, 0.15) is 33.4 Å². The highest BCUT2D eigenvalue weighted by molar-refractivity contribution is 6.02. The van der Waals surface area contributed by atoms with Gasteiger partial charge in [-0.25, -0.2) is 4.79 Å². The molecule has 0 aliphatic rings. The van der Waals surface area contributed by atoms with Gasteiger partial charge in [0.25, 0.3) is 11.8 Å². The van der Waals surface area contributed by atoms with E-state index in [2.05, 4.69) is 10.6 Å². The van der Waals surface area contributed by atoms with Crippen molar-refractivity contribution in [3.05, 3.63) is 83.8 Å². The molecule has 2 amide bonds. The Morgan fingerprint density at radius 1 is 0.933 bits per heavy atom. The van der Waals surface area contributed by atoms with E-state index in [-0.39, 0.29) is 29.9 Å². The van der Waals surface area contributed by atoms with Gasteiger partial charge < -0.3 is 24.5 Å². The molecule has 1 aromatic heterocycles. The molecule has 0 saturated carbocycles. The average molecular weight is 408 g/mol. The molecule has 2 N–H and O–H groups in total. The number of nitrogens with one attached hydrogen (secondary N) is 2. The summed E-state index contributed by atoms with van der Waals surface area (Å²) in [6.07, 6.45) is 0.639. The van der Waals surface area contributed by atoms with E-state index in [1.54, 1.807) is 55.5 Å². The zero-order valence-corrected chi connectivity index (χ0v) is 16.2. The highest BCUT2D eigenvalue weighted by atomic mass is 16.7. The van der Waals surface area contributed by atoms with Crippen LogP contribution in [0.3, 0.4) is 0 Å². The fourth-order valence-electron chi connectivity index (χ4n) is 2.51. The maximum absolute atomic E-state index is 12.3. The van der Waals surface area contributed by atoms with Crippen molar-refractivity contribution in [3.8, 4) is 5.75 Å². The van der Waals surface area contributed by atoms with Gasteiger partial charge in [0, 0.05) is 17.8 Å². The first-order valence-corrected chi connectivity index (χ1v) is 9.22. The van der Waals surface area contributed by atoms with E-state index in [9.17, 15) is 14.4 Å². The first kappa shape index (κ1) is 20.7. The minimum absolute atomic E-state index is 0.219. The Morgan fingerprint density at radius 2 is 1.67 bits per heavy atom. The van der Waals surface area contributed by atoms with E-state index in [4.69, 9.17) is 13.9 Å². The van der Waals surface area contributed by atoms with Gasteiger partial charge in [-0.05, 0) is 61.0 Å². The lowest BCUT2D eigenvalue weighted by Gasteiger charge is -2.08. The van der Waals surface area contributed by atoms with Crippen molar-refractivity contribution in [2.75, 3.05) is 11.9 Å². The molecular formula is C22H20N2O6. The molecule has 0 bridgehead atoms. The molecule has 3 aromatic rings. The first-order valence-electron chi connectivity index (χ1n) is 9.22. The molecule has 0 aliphatic carbocycles. The minimum Gasteiger partial charge on any atom is -0.459 e. The third-order valence-electron chi connectivity index (χ3n) is 3.99. The molecule has 0 fully saturated rings.